The van der Waals surface area contributed by atoms with Crippen molar-refractivity contribution in [3.63, 3.8) is 0 Å². The number of benzene rings is 5. The molecular formula is C50H42N2O+2. The number of hydrogen-bond acceptors (Lipinski definition) is 1. The van der Waals surface area contributed by atoms with Crippen LogP contribution in [-0.4, -0.2) is 0 Å². The van der Waals surface area contributed by atoms with Crippen molar-refractivity contribution in [2.45, 2.75) is 51.0 Å². The Hall–Kier alpha value is -6.06. The number of aryl methyl sites for hydroxylation is 1. The predicted octanol–water partition coefficient (Wildman–Crippen LogP) is 11.9. The molecule has 3 nitrogen and oxygen atoms in total. The van der Waals surface area contributed by atoms with Gasteiger partial charge in [0, 0.05) is 45.7 Å². The van der Waals surface area contributed by atoms with Gasteiger partial charge in [-0.15, -0.1) is 0 Å². The molecule has 5 heterocycles. The van der Waals surface area contributed by atoms with Crippen molar-refractivity contribution in [2.24, 2.45) is 0 Å². The summed E-state index contributed by atoms with van der Waals surface area (Å²) < 4.78 is 12.0. The first-order chi connectivity index (χ1) is 25.8. The van der Waals surface area contributed by atoms with Gasteiger partial charge in [0.1, 0.15) is 11.2 Å². The van der Waals surface area contributed by atoms with Crippen molar-refractivity contribution in [2.75, 3.05) is 0 Å². The van der Waals surface area contributed by atoms with Crippen molar-refractivity contribution >= 4 is 27.6 Å². The molecule has 2 atom stereocenters. The average molecular weight is 687 g/mol. The third kappa shape index (κ3) is 5.02. The van der Waals surface area contributed by atoms with E-state index in [1.54, 1.807) is 0 Å². The number of nitrogens with zero attached hydrogens (tertiary/aromatic N) is 2. The maximum atomic E-state index is 7.12. The summed E-state index contributed by atoms with van der Waals surface area (Å²) in [6, 6.07) is 50.8. The van der Waals surface area contributed by atoms with E-state index >= 15 is 0 Å². The Morgan fingerprint density at radius 2 is 1.34 bits per heavy atom. The van der Waals surface area contributed by atoms with Crippen LogP contribution < -0.4 is 9.13 Å². The molecular weight excluding hydrogens is 645 g/mol. The Labute approximate surface area is 311 Å². The van der Waals surface area contributed by atoms with Crippen molar-refractivity contribution in [3.8, 4) is 44.8 Å². The molecule has 256 valence electrons. The molecule has 2 aliphatic heterocycles. The number of hydrogen-bond donors (Lipinski definition) is 0. The second-order valence-corrected chi connectivity index (χ2v) is 15.8. The molecule has 5 aromatic carbocycles. The molecule has 0 fully saturated rings. The monoisotopic (exact) mass is 686 g/mol. The van der Waals surface area contributed by atoms with E-state index in [0.29, 0.717) is 0 Å². The zero-order valence-electron chi connectivity index (χ0n) is 30.5. The van der Waals surface area contributed by atoms with E-state index in [9.17, 15) is 0 Å². The fourth-order valence-electron chi connectivity index (χ4n) is 8.99. The van der Waals surface area contributed by atoms with Crippen LogP contribution in [0, 0.1) is 0 Å². The summed E-state index contributed by atoms with van der Waals surface area (Å²) in [5, 5.41) is 2.27. The lowest BCUT2D eigenvalue weighted by molar-refractivity contribution is -0.727. The van der Waals surface area contributed by atoms with Gasteiger partial charge in [-0.05, 0) is 70.9 Å². The van der Waals surface area contributed by atoms with Crippen LogP contribution in [0.1, 0.15) is 55.8 Å². The van der Waals surface area contributed by atoms with Gasteiger partial charge in [-0.25, -0.2) is 0 Å². The quantitative estimate of drug-likeness (QED) is 0.166. The van der Waals surface area contributed by atoms with Crippen LogP contribution in [0.2, 0.25) is 0 Å². The Balaban J connectivity index is 1.17. The Morgan fingerprint density at radius 3 is 2.17 bits per heavy atom. The van der Waals surface area contributed by atoms with E-state index in [-0.39, 0.29) is 17.4 Å². The molecule has 0 saturated carbocycles. The average Bonchev–Trinajstić information content (AvgIpc) is 3.59. The van der Waals surface area contributed by atoms with Crippen molar-refractivity contribution in [1.82, 2.24) is 0 Å². The van der Waals surface area contributed by atoms with Crippen LogP contribution in [-0.2, 0) is 11.8 Å². The third-order valence-corrected chi connectivity index (χ3v) is 11.7. The minimum Gasteiger partial charge on any atom is -0.454 e. The molecule has 0 N–H and O–H groups in total. The molecule has 2 aliphatic rings. The highest BCUT2D eigenvalue weighted by Crippen LogP contribution is 2.47. The first kappa shape index (κ1) is 31.7. The van der Waals surface area contributed by atoms with E-state index in [4.69, 9.17) is 11.0 Å². The van der Waals surface area contributed by atoms with Gasteiger partial charge in [-0.2, -0.15) is 9.13 Å². The van der Waals surface area contributed by atoms with E-state index in [1.807, 2.05) is 0 Å². The Bertz CT molecular complexity index is 2730. The lowest BCUT2D eigenvalue weighted by Gasteiger charge is -2.30. The highest BCUT2D eigenvalue weighted by atomic mass is 16.3. The van der Waals surface area contributed by atoms with Gasteiger partial charge in [0.2, 0.25) is 23.1 Å². The SMILES string of the molecule is C=C1C2C(CCc3ccc4c(oc5c(-c6ccc(-c7ccccc7)cc6)cccc54)c3-c3cccc[n+]31)c1ccccc1-c1ccc(C(C)(C)C)c[n+]12. The number of para-hydroxylation sites is 1. The van der Waals surface area contributed by atoms with Gasteiger partial charge in [0.15, 0.2) is 12.4 Å². The molecule has 53 heavy (non-hydrogen) atoms. The van der Waals surface area contributed by atoms with Crippen molar-refractivity contribution < 1.29 is 13.6 Å². The van der Waals surface area contributed by atoms with E-state index < -0.39 is 0 Å². The normalized spacial score (nSPS) is 16.5. The molecule has 0 aliphatic carbocycles. The molecule has 10 rings (SSSR count). The smallest absolute Gasteiger partial charge is 0.249 e. The highest BCUT2D eigenvalue weighted by Gasteiger charge is 2.47. The van der Waals surface area contributed by atoms with Gasteiger partial charge >= 0.3 is 0 Å². The summed E-state index contributed by atoms with van der Waals surface area (Å²) in [7, 11) is 0. The molecule has 0 radical (unpaired) electrons. The van der Waals surface area contributed by atoms with Gasteiger partial charge in [0.05, 0.1) is 11.5 Å². The number of furan rings is 1. The van der Waals surface area contributed by atoms with Crippen LogP contribution in [0.3, 0.4) is 0 Å². The topological polar surface area (TPSA) is 20.9 Å². The summed E-state index contributed by atoms with van der Waals surface area (Å²) in [5.74, 6) is 0.245. The third-order valence-electron chi connectivity index (χ3n) is 11.7. The summed E-state index contributed by atoms with van der Waals surface area (Å²) in [5.41, 5.74) is 16.5. The Morgan fingerprint density at radius 1 is 0.623 bits per heavy atom. The second kappa shape index (κ2) is 12.0. The van der Waals surface area contributed by atoms with Gasteiger partial charge < -0.3 is 4.42 Å². The molecule has 0 saturated heterocycles. The van der Waals surface area contributed by atoms with Crippen LogP contribution in [0.15, 0.2) is 163 Å². The predicted molar refractivity (Wildman–Crippen MR) is 216 cm³/mol. The van der Waals surface area contributed by atoms with Crippen LogP contribution in [0.25, 0.3) is 72.4 Å². The lowest BCUT2D eigenvalue weighted by atomic mass is 9.78. The maximum Gasteiger partial charge on any atom is 0.249 e. The molecule has 2 unspecified atom stereocenters. The molecule has 0 amide bonds. The minimum absolute atomic E-state index is 0.0192. The maximum absolute atomic E-state index is 7.12. The lowest BCUT2D eigenvalue weighted by Crippen LogP contribution is -2.53. The minimum atomic E-state index is 0.0192. The first-order valence-corrected chi connectivity index (χ1v) is 18.8. The van der Waals surface area contributed by atoms with Crippen molar-refractivity contribution in [3.05, 3.63) is 175 Å². The molecule has 8 aromatic rings. The fraction of sp³-hybridized carbons (Fsp3) is 0.160. The van der Waals surface area contributed by atoms with Crippen LogP contribution in [0.4, 0.5) is 0 Å². The highest BCUT2D eigenvalue weighted by molar-refractivity contribution is 6.13. The largest absolute Gasteiger partial charge is 0.454 e. The number of aromatic nitrogens is 2. The summed E-state index contributed by atoms with van der Waals surface area (Å²) in [6.45, 7) is 11.8. The molecule has 3 aromatic heterocycles. The molecule has 3 heteroatoms. The second-order valence-electron chi connectivity index (χ2n) is 15.8. The first-order valence-electron chi connectivity index (χ1n) is 18.8. The van der Waals surface area contributed by atoms with E-state index in [1.165, 1.54) is 39.1 Å². The summed E-state index contributed by atoms with van der Waals surface area (Å²) >= 11 is 0. The summed E-state index contributed by atoms with van der Waals surface area (Å²) in [4.78, 5) is 0. The summed E-state index contributed by atoms with van der Waals surface area (Å²) in [6.07, 6.45) is 6.49. The number of fused-ring (bicyclic) bond motifs is 13. The van der Waals surface area contributed by atoms with Gasteiger partial charge in [-0.3, -0.25) is 0 Å². The zero-order valence-corrected chi connectivity index (χ0v) is 30.5. The number of rotatable bonds is 2. The fourth-order valence-corrected chi connectivity index (χ4v) is 8.99. The van der Waals surface area contributed by atoms with Gasteiger partial charge in [-0.1, -0.05) is 124 Å². The van der Waals surface area contributed by atoms with E-state index in [2.05, 4.69) is 182 Å². The number of allylic oxidation sites excluding steroid dienone is 1. The standard InChI is InChI=1S/C50H42N2O/c1-32-47-41(39-15-8-9-16-40(39)44-29-26-37(31-52(44)47)50(2,3)4)27-24-36-25-28-43-42-18-12-17-38(35-22-20-34(21-23-35)33-13-6-5-7-14-33)48(42)53-49(43)46(36)45-19-10-11-30-51(32)45/h5-23,25-26,28-31,41,47H,1,24,27H2,2-4H3/q+2. The van der Waals surface area contributed by atoms with E-state index in [0.717, 1.165) is 62.9 Å². The molecule has 0 bridgehead atoms. The zero-order chi connectivity index (χ0) is 35.8. The van der Waals surface area contributed by atoms with Gasteiger partial charge in [0.25, 0.3) is 0 Å². The molecule has 0 spiro atoms. The van der Waals surface area contributed by atoms with Crippen LogP contribution in [0.5, 0.6) is 0 Å². The number of pyridine rings is 2. The van der Waals surface area contributed by atoms with Crippen LogP contribution >= 0.6 is 0 Å². The van der Waals surface area contributed by atoms with Crippen molar-refractivity contribution in [1.29, 1.82) is 0 Å². The Kier molecular flexibility index (Phi) is 7.17.